The number of benzene rings is 1. The number of rotatable bonds is 4. The summed E-state index contributed by atoms with van der Waals surface area (Å²) in [6, 6.07) is 10.3. The number of thiocarbonyl (C=S) groups is 1. The molecule has 2 N–H and O–H groups in total. The zero-order valence-corrected chi connectivity index (χ0v) is 16.6. The molecule has 26 heavy (non-hydrogen) atoms. The lowest BCUT2D eigenvalue weighted by Gasteiger charge is -2.11. The monoisotopic (exact) mass is 368 g/mol. The van der Waals surface area contributed by atoms with Gasteiger partial charge in [-0.25, -0.2) is 0 Å². The van der Waals surface area contributed by atoms with Gasteiger partial charge < -0.3 is 10.6 Å². The predicted octanol–water partition coefficient (Wildman–Crippen LogP) is 3.71. The van der Waals surface area contributed by atoms with E-state index in [1.165, 1.54) is 5.56 Å². The van der Waals surface area contributed by atoms with Crippen molar-refractivity contribution < 1.29 is 0 Å². The summed E-state index contributed by atoms with van der Waals surface area (Å²) >= 11 is 5.51. The first-order valence-corrected chi connectivity index (χ1v) is 8.93. The van der Waals surface area contributed by atoms with Crippen molar-refractivity contribution in [2.45, 2.75) is 34.2 Å². The summed E-state index contributed by atoms with van der Waals surface area (Å²) in [6.45, 7) is 8.75. The number of hydrogen-bond donors (Lipinski definition) is 2. The Kier molecular flexibility index (Phi) is 5.08. The molecule has 1 aromatic carbocycles. The lowest BCUT2D eigenvalue weighted by atomic mass is 10.2. The fourth-order valence-corrected chi connectivity index (χ4v) is 3.21. The highest BCUT2D eigenvalue weighted by atomic mass is 32.1. The second kappa shape index (κ2) is 7.29. The standard InChI is InChI=1S/C19H24N6S/c1-12-17(14(3)24(5)22-12)20-19(26)21-18-13(2)23-25(15(18)4)11-16-9-7-6-8-10-16/h6-10H,11H2,1-5H3,(H2,20,21,26). The fourth-order valence-electron chi connectivity index (χ4n) is 3.00. The van der Waals surface area contributed by atoms with Gasteiger partial charge in [-0.3, -0.25) is 9.36 Å². The second-order valence-electron chi connectivity index (χ2n) is 6.44. The summed E-state index contributed by atoms with van der Waals surface area (Å²) in [7, 11) is 1.92. The molecular formula is C19H24N6S. The fraction of sp³-hybridized carbons (Fsp3) is 0.316. The molecule has 2 aromatic heterocycles. The average Bonchev–Trinajstić information content (AvgIpc) is 3.00. The van der Waals surface area contributed by atoms with Gasteiger partial charge in [0.2, 0.25) is 0 Å². The topological polar surface area (TPSA) is 59.7 Å². The van der Waals surface area contributed by atoms with Gasteiger partial charge in [0.15, 0.2) is 5.11 Å². The van der Waals surface area contributed by atoms with Crippen LogP contribution in [0, 0.1) is 27.7 Å². The molecule has 2 heterocycles. The molecule has 6 nitrogen and oxygen atoms in total. The van der Waals surface area contributed by atoms with Crippen LogP contribution in [0.5, 0.6) is 0 Å². The van der Waals surface area contributed by atoms with E-state index in [0.29, 0.717) is 5.11 Å². The summed E-state index contributed by atoms with van der Waals surface area (Å²) < 4.78 is 3.84. The SMILES string of the molecule is Cc1nn(C)c(C)c1NC(=S)Nc1c(C)nn(Cc2ccccc2)c1C. The van der Waals surface area contributed by atoms with Crippen LogP contribution in [0.4, 0.5) is 11.4 Å². The minimum Gasteiger partial charge on any atom is -0.329 e. The first-order valence-electron chi connectivity index (χ1n) is 8.53. The Morgan fingerprint density at radius 1 is 0.923 bits per heavy atom. The smallest absolute Gasteiger partial charge is 0.175 e. The molecule has 0 radical (unpaired) electrons. The van der Waals surface area contributed by atoms with Crippen molar-refractivity contribution in [3.05, 3.63) is 58.7 Å². The molecule has 0 bridgehead atoms. The number of hydrogen-bond acceptors (Lipinski definition) is 3. The van der Waals surface area contributed by atoms with Crippen molar-refractivity contribution in [2.24, 2.45) is 7.05 Å². The van der Waals surface area contributed by atoms with E-state index in [2.05, 4.69) is 39.9 Å². The number of aryl methyl sites for hydroxylation is 3. The van der Waals surface area contributed by atoms with Crippen molar-refractivity contribution in [1.82, 2.24) is 19.6 Å². The molecule has 0 aliphatic heterocycles. The lowest BCUT2D eigenvalue weighted by molar-refractivity contribution is 0.659. The molecular weight excluding hydrogens is 344 g/mol. The molecule has 0 fully saturated rings. The number of nitrogens with one attached hydrogen (secondary N) is 2. The van der Waals surface area contributed by atoms with Gasteiger partial charge in [-0.15, -0.1) is 0 Å². The van der Waals surface area contributed by atoms with Crippen LogP contribution < -0.4 is 10.6 Å². The maximum absolute atomic E-state index is 5.51. The minimum atomic E-state index is 0.537. The maximum Gasteiger partial charge on any atom is 0.175 e. The van der Waals surface area contributed by atoms with Gasteiger partial charge in [-0.1, -0.05) is 30.3 Å². The Bertz CT molecular complexity index is 939. The Hall–Kier alpha value is -2.67. The van der Waals surface area contributed by atoms with Crippen LogP contribution in [0.15, 0.2) is 30.3 Å². The minimum absolute atomic E-state index is 0.537. The third kappa shape index (κ3) is 3.62. The number of anilines is 2. The first kappa shape index (κ1) is 18.1. The van der Waals surface area contributed by atoms with E-state index < -0.39 is 0 Å². The van der Waals surface area contributed by atoms with Gasteiger partial charge in [-0.2, -0.15) is 10.2 Å². The highest BCUT2D eigenvalue weighted by molar-refractivity contribution is 7.80. The summed E-state index contributed by atoms with van der Waals surface area (Å²) in [6.07, 6.45) is 0. The van der Waals surface area contributed by atoms with Gasteiger partial charge in [0.25, 0.3) is 0 Å². The third-order valence-electron chi connectivity index (χ3n) is 4.54. The second-order valence-corrected chi connectivity index (χ2v) is 6.85. The molecule has 3 aromatic rings. The van der Waals surface area contributed by atoms with Gasteiger partial charge in [-0.05, 0) is 45.5 Å². The van der Waals surface area contributed by atoms with E-state index in [1.54, 1.807) is 0 Å². The summed E-state index contributed by atoms with van der Waals surface area (Å²) in [5.74, 6) is 0. The lowest BCUT2D eigenvalue weighted by Crippen LogP contribution is -2.20. The molecule has 0 unspecified atom stereocenters. The zero-order chi connectivity index (χ0) is 18.8. The molecule has 0 saturated carbocycles. The van der Waals surface area contributed by atoms with Crippen molar-refractivity contribution in [1.29, 1.82) is 0 Å². The molecule has 0 aliphatic rings. The highest BCUT2D eigenvalue weighted by Crippen LogP contribution is 2.22. The largest absolute Gasteiger partial charge is 0.329 e. The quantitative estimate of drug-likeness (QED) is 0.688. The van der Waals surface area contributed by atoms with Crippen LogP contribution in [0.3, 0.4) is 0 Å². The van der Waals surface area contributed by atoms with E-state index in [1.807, 2.05) is 55.4 Å². The van der Waals surface area contributed by atoms with Gasteiger partial charge in [0.1, 0.15) is 0 Å². The van der Waals surface area contributed by atoms with Crippen LogP contribution in [0.2, 0.25) is 0 Å². The zero-order valence-electron chi connectivity index (χ0n) is 15.8. The average molecular weight is 369 g/mol. The molecule has 0 saturated heterocycles. The van der Waals surface area contributed by atoms with Crippen molar-refractivity contribution in [3.63, 3.8) is 0 Å². The van der Waals surface area contributed by atoms with E-state index in [4.69, 9.17) is 12.2 Å². The third-order valence-corrected chi connectivity index (χ3v) is 4.75. The summed E-state index contributed by atoms with van der Waals surface area (Å²) in [5, 5.41) is 16.2. The van der Waals surface area contributed by atoms with E-state index in [0.717, 1.165) is 40.7 Å². The van der Waals surface area contributed by atoms with Gasteiger partial charge in [0.05, 0.1) is 40.7 Å². The van der Waals surface area contributed by atoms with Crippen molar-refractivity contribution >= 4 is 28.7 Å². The molecule has 0 amide bonds. The van der Waals surface area contributed by atoms with E-state index in [-0.39, 0.29) is 0 Å². The van der Waals surface area contributed by atoms with Gasteiger partial charge in [0, 0.05) is 7.05 Å². The molecule has 0 atom stereocenters. The van der Waals surface area contributed by atoms with Crippen molar-refractivity contribution in [2.75, 3.05) is 10.6 Å². The van der Waals surface area contributed by atoms with Crippen LogP contribution in [0.1, 0.15) is 28.3 Å². The number of aromatic nitrogens is 4. The van der Waals surface area contributed by atoms with Crippen LogP contribution in [0.25, 0.3) is 0 Å². The number of nitrogens with zero attached hydrogens (tertiary/aromatic N) is 4. The van der Waals surface area contributed by atoms with Crippen molar-refractivity contribution in [3.8, 4) is 0 Å². The molecule has 3 rings (SSSR count). The van der Waals surface area contributed by atoms with Crippen LogP contribution >= 0.6 is 12.2 Å². The highest BCUT2D eigenvalue weighted by Gasteiger charge is 2.15. The van der Waals surface area contributed by atoms with Crippen LogP contribution in [-0.2, 0) is 13.6 Å². The Labute approximate surface area is 159 Å². The molecule has 0 aliphatic carbocycles. The molecule has 0 spiro atoms. The first-order chi connectivity index (χ1) is 12.4. The summed E-state index contributed by atoms with van der Waals surface area (Å²) in [5.41, 5.74) is 7.03. The van der Waals surface area contributed by atoms with Crippen LogP contribution in [-0.4, -0.2) is 24.7 Å². The Balaban J connectivity index is 1.76. The summed E-state index contributed by atoms with van der Waals surface area (Å²) in [4.78, 5) is 0. The molecule has 136 valence electrons. The Morgan fingerprint density at radius 2 is 1.50 bits per heavy atom. The maximum atomic E-state index is 5.51. The molecule has 7 heteroatoms. The van der Waals surface area contributed by atoms with E-state index in [9.17, 15) is 0 Å². The van der Waals surface area contributed by atoms with Gasteiger partial charge >= 0.3 is 0 Å². The predicted molar refractivity (Wildman–Crippen MR) is 110 cm³/mol. The van der Waals surface area contributed by atoms with E-state index >= 15 is 0 Å². The Morgan fingerprint density at radius 3 is 2.08 bits per heavy atom. The normalized spacial score (nSPS) is 10.8.